The second kappa shape index (κ2) is 4.59. The lowest BCUT2D eigenvalue weighted by Crippen LogP contribution is -2.05. The molecule has 0 aliphatic carbocycles. The van der Waals surface area contributed by atoms with Crippen molar-refractivity contribution in [2.24, 2.45) is 7.05 Å². The molecule has 0 bridgehead atoms. The summed E-state index contributed by atoms with van der Waals surface area (Å²) in [5.41, 5.74) is 3.48. The Morgan fingerprint density at radius 2 is 1.85 bits per heavy atom. The van der Waals surface area contributed by atoms with E-state index in [1.165, 1.54) is 11.1 Å². The van der Waals surface area contributed by atoms with Crippen LogP contribution in [0, 0.1) is 20.8 Å². The van der Waals surface area contributed by atoms with Crippen LogP contribution in [-0.4, -0.2) is 24.3 Å². The van der Waals surface area contributed by atoms with E-state index in [2.05, 4.69) is 41.0 Å². The van der Waals surface area contributed by atoms with Crippen molar-refractivity contribution < 1.29 is 0 Å². The third-order valence-corrected chi connectivity index (χ3v) is 3.54. The van der Waals surface area contributed by atoms with Gasteiger partial charge in [-0.1, -0.05) is 12.1 Å². The summed E-state index contributed by atoms with van der Waals surface area (Å²) >= 11 is 0. The third-order valence-electron chi connectivity index (χ3n) is 3.54. The van der Waals surface area contributed by atoms with Crippen molar-refractivity contribution in [3.8, 4) is 17.3 Å². The van der Waals surface area contributed by atoms with Crippen molar-refractivity contribution in [3.63, 3.8) is 0 Å². The molecule has 0 spiro atoms. The molecular formula is C15H17N5. The summed E-state index contributed by atoms with van der Waals surface area (Å²) in [4.78, 5) is 8.91. The Bertz CT molecular complexity index is 766. The fourth-order valence-electron chi connectivity index (χ4n) is 2.27. The summed E-state index contributed by atoms with van der Waals surface area (Å²) in [6.45, 7) is 6.10. The number of aromatic nitrogens is 5. The highest BCUT2D eigenvalue weighted by molar-refractivity contribution is 5.53. The molecule has 0 radical (unpaired) electrons. The summed E-state index contributed by atoms with van der Waals surface area (Å²) in [5, 5.41) is 4.53. The van der Waals surface area contributed by atoms with Gasteiger partial charge in [-0.2, -0.15) is 5.10 Å². The highest BCUT2D eigenvalue weighted by Crippen LogP contribution is 2.23. The van der Waals surface area contributed by atoms with Gasteiger partial charge in [-0.05, 0) is 38.0 Å². The molecule has 20 heavy (non-hydrogen) atoms. The van der Waals surface area contributed by atoms with Gasteiger partial charge in [-0.25, -0.2) is 14.6 Å². The van der Waals surface area contributed by atoms with E-state index >= 15 is 0 Å². The molecule has 0 aliphatic heterocycles. The number of rotatable bonds is 2. The number of imidazole rings is 1. The van der Waals surface area contributed by atoms with Gasteiger partial charge in [0.2, 0.25) is 0 Å². The first-order valence-corrected chi connectivity index (χ1v) is 6.56. The average Bonchev–Trinajstić information content (AvgIpc) is 2.98. The van der Waals surface area contributed by atoms with Crippen LogP contribution in [0.4, 0.5) is 0 Å². The minimum Gasteiger partial charge on any atom is -0.331 e. The lowest BCUT2D eigenvalue weighted by atomic mass is 10.1. The molecule has 0 aliphatic rings. The van der Waals surface area contributed by atoms with Gasteiger partial charge in [0.05, 0.1) is 5.69 Å². The van der Waals surface area contributed by atoms with Gasteiger partial charge in [-0.3, -0.25) is 0 Å². The SMILES string of the molecule is Cc1nc(-c2nccn2C)n(-c2cccc(C)c2C)n1. The molecule has 0 N–H and O–H groups in total. The van der Waals surface area contributed by atoms with Gasteiger partial charge in [-0.15, -0.1) is 0 Å². The van der Waals surface area contributed by atoms with Crippen molar-refractivity contribution in [1.29, 1.82) is 0 Å². The van der Waals surface area contributed by atoms with E-state index in [9.17, 15) is 0 Å². The molecule has 3 rings (SSSR count). The lowest BCUT2D eigenvalue weighted by Gasteiger charge is -2.10. The second-order valence-electron chi connectivity index (χ2n) is 4.98. The first kappa shape index (κ1) is 12.6. The average molecular weight is 267 g/mol. The smallest absolute Gasteiger partial charge is 0.199 e. The Labute approximate surface area is 117 Å². The molecule has 0 amide bonds. The van der Waals surface area contributed by atoms with Crippen LogP contribution in [0.25, 0.3) is 17.3 Å². The molecule has 1 aromatic carbocycles. The van der Waals surface area contributed by atoms with E-state index < -0.39 is 0 Å². The van der Waals surface area contributed by atoms with E-state index in [1.54, 1.807) is 6.20 Å². The molecule has 0 atom stereocenters. The lowest BCUT2D eigenvalue weighted by molar-refractivity contribution is 0.835. The predicted molar refractivity (Wildman–Crippen MR) is 77.8 cm³/mol. The third kappa shape index (κ3) is 1.91. The predicted octanol–water partition coefficient (Wildman–Crippen LogP) is 2.59. The van der Waals surface area contributed by atoms with Crippen LogP contribution in [0.3, 0.4) is 0 Å². The largest absolute Gasteiger partial charge is 0.331 e. The molecule has 2 heterocycles. The standard InChI is InChI=1S/C15H17N5/c1-10-6-5-7-13(11(10)2)20-15(17-12(3)18-20)14-16-8-9-19(14)4/h5-9H,1-4H3. The van der Waals surface area contributed by atoms with E-state index in [4.69, 9.17) is 0 Å². The summed E-state index contributed by atoms with van der Waals surface area (Å²) in [7, 11) is 1.96. The van der Waals surface area contributed by atoms with E-state index in [0.29, 0.717) is 0 Å². The van der Waals surface area contributed by atoms with Crippen LogP contribution in [0.2, 0.25) is 0 Å². The van der Waals surface area contributed by atoms with Crippen molar-refractivity contribution in [1.82, 2.24) is 24.3 Å². The fourth-order valence-corrected chi connectivity index (χ4v) is 2.27. The quantitative estimate of drug-likeness (QED) is 0.717. The summed E-state index contributed by atoms with van der Waals surface area (Å²) in [5.74, 6) is 2.32. The highest BCUT2D eigenvalue weighted by Gasteiger charge is 2.16. The second-order valence-corrected chi connectivity index (χ2v) is 4.98. The van der Waals surface area contributed by atoms with Gasteiger partial charge in [0.15, 0.2) is 11.6 Å². The molecule has 0 unspecified atom stereocenters. The van der Waals surface area contributed by atoms with Crippen molar-refractivity contribution >= 4 is 0 Å². The van der Waals surface area contributed by atoms with E-state index in [0.717, 1.165) is 23.2 Å². The zero-order chi connectivity index (χ0) is 14.3. The van der Waals surface area contributed by atoms with Crippen LogP contribution in [0.1, 0.15) is 17.0 Å². The zero-order valence-corrected chi connectivity index (χ0v) is 12.1. The zero-order valence-electron chi connectivity index (χ0n) is 12.1. The van der Waals surface area contributed by atoms with E-state index in [-0.39, 0.29) is 0 Å². The van der Waals surface area contributed by atoms with Gasteiger partial charge < -0.3 is 4.57 Å². The molecule has 0 saturated heterocycles. The molecule has 3 aromatic rings. The summed E-state index contributed by atoms with van der Waals surface area (Å²) in [6, 6.07) is 6.20. The Morgan fingerprint density at radius 1 is 1.05 bits per heavy atom. The summed E-state index contributed by atoms with van der Waals surface area (Å²) < 4.78 is 3.82. The minimum atomic E-state index is 0.740. The molecule has 0 fully saturated rings. The molecule has 2 aromatic heterocycles. The number of hydrogen-bond acceptors (Lipinski definition) is 3. The monoisotopic (exact) mass is 267 g/mol. The Morgan fingerprint density at radius 3 is 2.55 bits per heavy atom. The Kier molecular flexibility index (Phi) is 2.89. The van der Waals surface area contributed by atoms with Crippen LogP contribution in [0.15, 0.2) is 30.6 Å². The Balaban J connectivity index is 2.25. The number of nitrogens with zero attached hydrogens (tertiary/aromatic N) is 5. The topological polar surface area (TPSA) is 48.5 Å². The molecular weight excluding hydrogens is 250 g/mol. The molecule has 5 heteroatoms. The number of benzene rings is 1. The van der Waals surface area contributed by atoms with Crippen LogP contribution >= 0.6 is 0 Å². The van der Waals surface area contributed by atoms with Crippen LogP contribution in [-0.2, 0) is 7.05 Å². The van der Waals surface area contributed by atoms with Crippen LogP contribution < -0.4 is 0 Å². The molecule has 102 valence electrons. The highest BCUT2D eigenvalue weighted by atomic mass is 15.4. The molecule has 0 saturated carbocycles. The maximum atomic E-state index is 4.53. The first-order chi connectivity index (χ1) is 9.58. The van der Waals surface area contributed by atoms with Crippen LogP contribution in [0.5, 0.6) is 0 Å². The van der Waals surface area contributed by atoms with E-state index in [1.807, 2.05) is 35.5 Å². The van der Waals surface area contributed by atoms with Gasteiger partial charge in [0.1, 0.15) is 5.82 Å². The minimum absolute atomic E-state index is 0.740. The van der Waals surface area contributed by atoms with Crippen molar-refractivity contribution in [2.75, 3.05) is 0 Å². The fraction of sp³-hybridized carbons (Fsp3) is 0.267. The Hall–Kier alpha value is -2.43. The van der Waals surface area contributed by atoms with Crippen molar-refractivity contribution in [2.45, 2.75) is 20.8 Å². The van der Waals surface area contributed by atoms with Gasteiger partial charge in [0, 0.05) is 19.4 Å². The molecule has 5 nitrogen and oxygen atoms in total. The van der Waals surface area contributed by atoms with Gasteiger partial charge in [0.25, 0.3) is 0 Å². The van der Waals surface area contributed by atoms with Gasteiger partial charge >= 0.3 is 0 Å². The maximum absolute atomic E-state index is 4.53. The first-order valence-electron chi connectivity index (χ1n) is 6.56. The summed E-state index contributed by atoms with van der Waals surface area (Å²) in [6.07, 6.45) is 3.68. The number of hydrogen-bond donors (Lipinski definition) is 0. The normalized spacial score (nSPS) is 11.0. The number of aryl methyl sites for hydroxylation is 3. The maximum Gasteiger partial charge on any atom is 0.199 e. The van der Waals surface area contributed by atoms with Crippen molar-refractivity contribution in [3.05, 3.63) is 47.5 Å².